The van der Waals surface area contributed by atoms with Crippen LogP contribution in [0.15, 0.2) is 97.1 Å². The van der Waals surface area contributed by atoms with Gasteiger partial charge in [0.05, 0.1) is 12.2 Å². The van der Waals surface area contributed by atoms with Gasteiger partial charge in [-0.1, -0.05) is 67.6 Å². The number of aliphatic hydroxyl groups excluding tert-OH is 1. The predicted octanol–water partition coefficient (Wildman–Crippen LogP) is 9.18. The van der Waals surface area contributed by atoms with Gasteiger partial charge in [0, 0.05) is 87.3 Å². The summed E-state index contributed by atoms with van der Waals surface area (Å²) in [5.41, 5.74) is 11.2. The molecule has 1 atom stereocenters. The molecule has 0 bridgehead atoms. The Morgan fingerprint density at radius 2 is 1.38 bits per heavy atom. The Bertz CT molecular complexity index is 2270. The van der Waals surface area contributed by atoms with Crippen molar-refractivity contribution in [3.05, 3.63) is 142 Å². The van der Waals surface area contributed by atoms with Gasteiger partial charge in [0.2, 0.25) is 0 Å². The number of ether oxygens (including phenoxy) is 1. The fourth-order valence-electron chi connectivity index (χ4n) is 8.46. The Labute approximate surface area is 295 Å². The molecule has 256 valence electrons. The average Bonchev–Trinajstić information content (AvgIpc) is 3.71. The lowest BCUT2D eigenvalue weighted by molar-refractivity contribution is 0.0274. The summed E-state index contributed by atoms with van der Waals surface area (Å²) in [4.78, 5) is 16.3. The van der Waals surface area contributed by atoms with E-state index < -0.39 is 5.60 Å². The quantitative estimate of drug-likeness (QED) is 0.140. The second-order valence-corrected chi connectivity index (χ2v) is 13.2. The van der Waals surface area contributed by atoms with E-state index in [1.807, 2.05) is 18.2 Å². The molecule has 7 rings (SSSR count). The number of aliphatic hydroxyl groups is 1. The molecule has 50 heavy (non-hydrogen) atoms. The largest absolute Gasteiger partial charge is 0.441 e. The van der Waals surface area contributed by atoms with E-state index in [0.717, 1.165) is 92.8 Å². The molecule has 0 saturated carbocycles. The van der Waals surface area contributed by atoms with Crippen LogP contribution in [0.2, 0.25) is 0 Å². The zero-order valence-electron chi connectivity index (χ0n) is 30.1. The number of hydrogen-bond acceptors (Lipinski definition) is 4. The van der Waals surface area contributed by atoms with E-state index in [4.69, 9.17) is 4.74 Å². The van der Waals surface area contributed by atoms with Crippen molar-refractivity contribution in [2.24, 2.45) is 0 Å². The van der Waals surface area contributed by atoms with Gasteiger partial charge < -0.3 is 23.9 Å². The van der Waals surface area contributed by atoms with Crippen LogP contribution in [0.5, 0.6) is 0 Å². The minimum Gasteiger partial charge on any atom is -0.441 e. The van der Waals surface area contributed by atoms with E-state index in [9.17, 15) is 9.90 Å². The molecule has 6 aromatic rings. The van der Waals surface area contributed by atoms with Crippen LogP contribution in [0.1, 0.15) is 77.3 Å². The van der Waals surface area contributed by atoms with Crippen molar-refractivity contribution in [1.82, 2.24) is 9.13 Å². The van der Waals surface area contributed by atoms with Gasteiger partial charge >= 0.3 is 5.97 Å². The number of rotatable bonds is 11. The number of hydrogen-bond donors (Lipinski definition) is 1. The fourth-order valence-corrected chi connectivity index (χ4v) is 8.46. The van der Waals surface area contributed by atoms with Gasteiger partial charge in [-0.2, -0.15) is 0 Å². The molecule has 1 N–H and O–H groups in total. The van der Waals surface area contributed by atoms with E-state index in [1.54, 1.807) is 0 Å². The molecule has 0 amide bonds. The van der Waals surface area contributed by atoms with Crippen molar-refractivity contribution in [1.29, 1.82) is 0 Å². The van der Waals surface area contributed by atoms with Crippen LogP contribution in [0.3, 0.4) is 0 Å². The molecule has 0 aliphatic carbocycles. The normalized spacial score (nSPS) is 16.0. The maximum atomic E-state index is 14.0. The van der Waals surface area contributed by atoms with Crippen molar-refractivity contribution < 1.29 is 14.6 Å². The number of para-hydroxylation sites is 2. The standard InChI is InChI=1S/C44H47N3O3/c1-7-31-27-32(45(8-2)9-3)23-24-37(31)44(38-20-14-11-17-33(38)43(49)50-44)28-36(41-29(5)46(10-4)39-21-15-12-18-34(39)41)42-30(6)47(25-26-48)40-22-16-13-19-35(40)42/h11-24,27-28,48H,7-10,25-26H2,1-6H3/b36-28-. The van der Waals surface area contributed by atoms with Crippen molar-refractivity contribution in [3.63, 3.8) is 0 Å². The first-order chi connectivity index (χ1) is 24.3. The van der Waals surface area contributed by atoms with E-state index in [1.165, 1.54) is 5.52 Å². The lowest BCUT2D eigenvalue weighted by Gasteiger charge is -2.31. The highest BCUT2D eigenvalue weighted by atomic mass is 16.6. The Balaban J connectivity index is 1.66. The molecule has 6 heteroatoms. The number of aromatic nitrogens is 2. The second kappa shape index (κ2) is 13.3. The molecule has 2 aromatic heterocycles. The number of aryl methyl sites for hydroxylation is 2. The third kappa shape index (κ3) is 5.08. The number of fused-ring (bicyclic) bond motifs is 3. The third-order valence-corrected chi connectivity index (χ3v) is 10.8. The van der Waals surface area contributed by atoms with Crippen LogP contribution < -0.4 is 4.90 Å². The monoisotopic (exact) mass is 665 g/mol. The number of benzene rings is 4. The van der Waals surface area contributed by atoms with Crippen LogP contribution in [0.25, 0.3) is 27.4 Å². The van der Waals surface area contributed by atoms with Gasteiger partial charge in [-0.15, -0.1) is 0 Å². The van der Waals surface area contributed by atoms with Gasteiger partial charge in [0.25, 0.3) is 0 Å². The van der Waals surface area contributed by atoms with Crippen LogP contribution in [0, 0.1) is 13.8 Å². The third-order valence-electron chi connectivity index (χ3n) is 10.8. The molecular weight excluding hydrogens is 619 g/mol. The van der Waals surface area contributed by atoms with Gasteiger partial charge in [0.15, 0.2) is 5.60 Å². The van der Waals surface area contributed by atoms with Crippen LogP contribution in [-0.4, -0.2) is 39.9 Å². The molecule has 1 aliphatic rings. The number of cyclic esters (lactones) is 1. The zero-order valence-corrected chi connectivity index (χ0v) is 30.1. The summed E-state index contributed by atoms with van der Waals surface area (Å²) in [6, 6.07) is 31.5. The molecule has 0 fully saturated rings. The second-order valence-electron chi connectivity index (χ2n) is 13.2. The Hall–Kier alpha value is -5.07. The van der Waals surface area contributed by atoms with E-state index in [0.29, 0.717) is 12.1 Å². The topological polar surface area (TPSA) is 59.6 Å². The Kier molecular flexibility index (Phi) is 8.91. The minimum absolute atomic E-state index is 0.0276. The number of anilines is 1. The van der Waals surface area contributed by atoms with Gasteiger partial charge in [-0.3, -0.25) is 0 Å². The minimum atomic E-state index is -1.19. The van der Waals surface area contributed by atoms with Crippen molar-refractivity contribution in [2.75, 3.05) is 24.6 Å². The van der Waals surface area contributed by atoms with Crippen molar-refractivity contribution >= 4 is 39.0 Å². The summed E-state index contributed by atoms with van der Waals surface area (Å²) < 4.78 is 11.4. The van der Waals surface area contributed by atoms with Gasteiger partial charge in [-0.25, -0.2) is 4.79 Å². The molecule has 0 spiro atoms. The summed E-state index contributed by atoms with van der Waals surface area (Å²) in [6.45, 7) is 16.2. The molecule has 0 radical (unpaired) electrons. The number of carbonyl (C=O) groups is 1. The smallest absolute Gasteiger partial charge is 0.340 e. The summed E-state index contributed by atoms with van der Waals surface area (Å²) in [6.07, 6.45) is 3.02. The summed E-state index contributed by atoms with van der Waals surface area (Å²) in [7, 11) is 0. The lowest BCUT2D eigenvalue weighted by atomic mass is 9.78. The molecule has 3 heterocycles. The maximum Gasteiger partial charge on any atom is 0.340 e. The van der Waals surface area contributed by atoms with Crippen LogP contribution in [-0.2, 0) is 29.8 Å². The first-order valence-electron chi connectivity index (χ1n) is 18.0. The number of nitrogens with zero attached hydrogens (tertiary/aromatic N) is 3. The van der Waals surface area contributed by atoms with Crippen molar-refractivity contribution in [3.8, 4) is 0 Å². The highest BCUT2D eigenvalue weighted by molar-refractivity contribution is 6.07. The molecule has 0 saturated heterocycles. The van der Waals surface area contributed by atoms with Crippen LogP contribution in [0.4, 0.5) is 5.69 Å². The SMILES string of the molecule is CCc1cc(N(CC)CC)ccc1C1(/C=C(/c2c(C)n(CC)c3ccccc23)c2c(C)n(CCO)c3ccccc23)OC(=O)c2ccccc21. The molecular formula is C44H47N3O3. The zero-order chi connectivity index (χ0) is 35.2. The highest BCUT2D eigenvalue weighted by Gasteiger charge is 2.47. The fraction of sp³-hybridized carbons (Fsp3) is 0.295. The predicted molar refractivity (Wildman–Crippen MR) is 205 cm³/mol. The van der Waals surface area contributed by atoms with E-state index in [-0.39, 0.29) is 12.6 Å². The molecule has 1 unspecified atom stereocenters. The summed E-state index contributed by atoms with van der Waals surface area (Å²) in [5.74, 6) is -0.321. The summed E-state index contributed by atoms with van der Waals surface area (Å²) in [5, 5.41) is 12.4. The average molecular weight is 666 g/mol. The maximum absolute atomic E-state index is 14.0. The van der Waals surface area contributed by atoms with Crippen LogP contribution >= 0.6 is 0 Å². The van der Waals surface area contributed by atoms with Crippen molar-refractivity contribution in [2.45, 2.75) is 66.7 Å². The Morgan fingerprint density at radius 3 is 2.00 bits per heavy atom. The van der Waals surface area contributed by atoms with E-state index >= 15 is 0 Å². The van der Waals surface area contributed by atoms with E-state index in [2.05, 4.69) is 134 Å². The molecule has 4 aromatic carbocycles. The first-order valence-corrected chi connectivity index (χ1v) is 18.0. The Morgan fingerprint density at radius 1 is 0.780 bits per heavy atom. The van der Waals surface area contributed by atoms with Gasteiger partial charge in [0.1, 0.15) is 0 Å². The highest BCUT2D eigenvalue weighted by Crippen LogP contribution is 2.50. The molecule has 6 nitrogen and oxygen atoms in total. The number of esters is 1. The summed E-state index contributed by atoms with van der Waals surface area (Å²) >= 11 is 0. The van der Waals surface area contributed by atoms with Gasteiger partial charge in [-0.05, 0) is 88.6 Å². The lowest BCUT2D eigenvalue weighted by Crippen LogP contribution is -2.28. The molecule has 1 aliphatic heterocycles. The first kappa shape index (κ1) is 33.4. The number of carbonyl (C=O) groups excluding carboxylic acids is 1.